The van der Waals surface area contributed by atoms with Crippen LogP contribution in [0.5, 0.6) is 0 Å². The summed E-state index contributed by atoms with van der Waals surface area (Å²) < 4.78 is 23.0. The third-order valence-corrected chi connectivity index (χ3v) is 3.71. The Morgan fingerprint density at radius 2 is 2.05 bits per heavy atom. The highest BCUT2D eigenvalue weighted by Crippen LogP contribution is 2.15. The molecule has 0 aliphatic heterocycles. The van der Waals surface area contributed by atoms with Crippen LogP contribution in [0.1, 0.15) is 26.2 Å². The van der Waals surface area contributed by atoms with E-state index in [1.165, 1.54) is 6.07 Å². The van der Waals surface area contributed by atoms with Gasteiger partial charge in [-0.1, -0.05) is 13.0 Å². The highest BCUT2D eigenvalue weighted by molar-refractivity contribution is 7.90. The average molecular weight is 300 g/mol. The quantitative estimate of drug-likeness (QED) is 0.784. The molecule has 0 aromatic carbocycles. The molecule has 112 valence electrons. The number of aromatic nitrogens is 1. The smallest absolute Gasteiger partial charge is 0.303 e. The zero-order valence-electron chi connectivity index (χ0n) is 11.7. The van der Waals surface area contributed by atoms with Crippen molar-refractivity contribution in [1.29, 1.82) is 0 Å². The van der Waals surface area contributed by atoms with E-state index < -0.39 is 15.8 Å². The van der Waals surface area contributed by atoms with Gasteiger partial charge in [0, 0.05) is 25.8 Å². The first-order valence-corrected chi connectivity index (χ1v) is 8.37. The van der Waals surface area contributed by atoms with Gasteiger partial charge in [0.05, 0.1) is 0 Å². The monoisotopic (exact) mass is 300 g/mol. The number of sulfone groups is 1. The Hall–Kier alpha value is -1.63. The average Bonchev–Trinajstić information content (AvgIpc) is 2.36. The fourth-order valence-corrected chi connectivity index (χ4v) is 2.40. The number of nitrogens with zero attached hydrogens (tertiary/aromatic N) is 2. The number of hydrogen-bond donors (Lipinski definition) is 1. The lowest BCUT2D eigenvalue weighted by atomic mass is 10.2. The summed E-state index contributed by atoms with van der Waals surface area (Å²) >= 11 is 0. The Morgan fingerprint density at radius 3 is 2.60 bits per heavy atom. The number of aliphatic carboxylic acids is 1. The van der Waals surface area contributed by atoms with Crippen molar-refractivity contribution in [3.8, 4) is 0 Å². The van der Waals surface area contributed by atoms with E-state index in [9.17, 15) is 13.2 Å². The van der Waals surface area contributed by atoms with Gasteiger partial charge in [-0.15, -0.1) is 0 Å². The van der Waals surface area contributed by atoms with Gasteiger partial charge in [0.2, 0.25) is 0 Å². The summed E-state index contributed by atoms with van der Waals surface area (Å²) in [5.74, 6) is -0.264. The van der Waals surface area contributed by atoms with Crippen LogP contribution in [0, 0.1) is 0 Å². The van der Waals surface area contributed by atoms with E-state index in [1.807, 2.05) is 11.8 Å². The third kappa shape index (κ3) is 5.16. The highest BCUT2D eigenvalue weighted by Gasteiger charge is 2.13. The summed E-state index contributed by atoms with van der Waals surface area (Å²) in [6.45, 7) is 3.25. The Balaban J connectivity index is 2.88. The Morgan fingerprint density at radius 1 is 1.35 bits per heavy atom. The first-order chi connectivity index (χ1) is 9.34. The number of pyridine rings is 1. The maximum atomic E-state index is 11.5. The van der Waals surface area contributed by atoms with Crippen molar-refractivity contribution < 1.29 is 18.3 Å². The van der Waals surface area contributed by atoms with Gasteiger partial charge in [0.25, 0.3) is 0 Å². The van der Waals surface area contributed by atoms with Crippen LogP contribution in [-0.4, -0.2) is 43.8 Å². The molecule has 0 aliphatic rings. The molecule has 0 amide bonds. The van der Waals surface area contributed by atoms with Crippen LogP contribution in [0.2, 0.25) is 0 Å². The van der Waals surface area contributed by atoms with Crippen molar-refractivity contribution >= 4 is 21.6 Å². The van der Waals surface area contributed by atoms with Gasteiger partial charge in [-0.2, -0.15) is 0 Å². The minimum Gasteiger partial charge on any atom is -0.481 e. The summed E-state index contributed by atoms with van der Waals surface area (Å²) in [6, 6.07) is 4.85. The van der Waals surface area contributed by atoms with Gasteiger partial charge in [-0.25, -0.2) is 13.4 Å². The molecule has 1 aromatic heterocycles. The highest BCUT2D eigenvalue weighted by atomic mass is 32.2. The SMILES string of the molecule is CCCN(CCCC(=O)O)c1cccc(S(C)(=O)=O)n1. The maximum Gasteiger partial charge on any atom is 0.303 e. The molecule has 1 heterocycles. The number of carboxylic acid groups (broad SMARTS) is 1. The Labute approximate surface area is 119 Å². The molecule has 7 heteroatoms. The molecule has 0 bridgehead atoms. The molecule has 1 N–H and O–H groups in total. The van der Waals surface area contributed by atoms with Crippen LogP contribution in [0.25, 0.3) is 0 Å². The number of carboxylic acids is 1. The third-order valence-electron chi connectivity index (χ3n) is 2.72. The number of hydrogen-bond acceptors (Lipinski definition) is 5. The summed E-state index contributed by atoms with van der Waals surface area (Å²) in [5, 5.41) is 8.70. The molecule has 0 radical (unpaired) electrons. The standard InChI is InChI=1S/C13H20N2O4S/c1-3-9-15(10-5-8-13(16)17)11-6-4-7-12(14-11)20(2,18)19/h4,6-7H,3,5,8-10H2,1-2H3,(H,16,17). The largest absolute Gasteiger partial charge is 0.481 e. The van der Waals surface area contributed by atoms with E-state index in [1.54, 1.807) is 12.1 Å². The summed E-state index contributed by atoms with van der Waals surface area (Å²) in [6.07, 6.45) is 2.58. The van der Waals surface area contributed by atoms with Gasteiger partial charge in [0.15, 0.2) is 14.9 Å². The predicted octanol–water partition coefficient (Wildman–Crippen LogP) is 1.57. The van der Waals surface area contributed by atoms with Gasteiger partial charge in [-0.05, 0) is 25.0 Å². The van der Waals surface area contributed by atoms with E-state index in [-0.39, 0.29) is 11.4 Å². The number of carbonyl (C=O) groups is 1. The second-order valence-corrected chi connectivity index (χ2v) is 6.55. The second-order valence-electron chi connectivity index (χ2n) is 4.59. The molecule has 0 aliphatic carbocycles. The van der Waals surface area contributed by atoms with Crippen LogP contribution in [-0.2, 0) is 14.6 Å². The molecular weight excluding hydrogens is 280 g/mol. The summed E-state index contributed by atoms with van der Waals surface area (Å²) in [5.41, 5.74) is 0. The van der Waals surface area contributed by atoms with E-state index in [2.05, 4.69) is 4.98 Å². The Kier molecular flexibility index (Phi) is 5.94. The van der Waals surface area contributed by atoms with Crippen molar-refractivity contribution in [3.05, 3.63) is 18.2 Å². The lowest BCUT2D eigenvalue weighted by Crippen LogP contribution is -2.27. The predicted molar refractivity (Wildman–Crippen MR) is 76.7 cm³/mol. The normalized spacial score (nSPS) is 11.3. The molecule has 0 saturated carbocycles. The minimum atomic E-state index is -3.34. The number of rotatable bonds is 8. The second kappa shape index (κ2) is 7.23. The molecule has 20 heavy (non-hydrogen) atoms. The zero-order chi connectivity index (χ0) is 15.2. The van der Waals surface area contributed by atoms with Crippen molar-refractivity contribution in [2.45, 2.75) is 31.2 Å². The molecule has 6 nitrogen and oxygen atoms in total. The molecule has 1 rings (SSSR count). The van der Waals surface area contributed by atoms with Gasteiger partial charge >= 0.3 is 5.97 Å². The first kappa shape index (κ1) is 16.4. The molecule has 0 saturated heterocycles. The van der Waals surface area contributed by atoms with Crippen LogP contribution >= 0.6 is 0 Å². The van der Waals surface area contributed by atoms with Crippen molar-refractivity contribution in [2.24, 2.45) is 0 Å². The molecular formula is C13H20N2O4S. The van der Waals surface area contributed by atoms with Crippen molar-refractivity contribution in [2.75, 3.05) is 24.2 Å². The van der Waals surface area contributed by atoms with Crippen LogP contribution < -0.4 is 4.90 Å². The molecule has 1 aromatic rings. The number of anilines is 1. The van der Waals surface area contributed by atoms with Crippen LogP contribution in [0.4, 0.5) is 5.82 Å². The lowest BCUT2D eigenvalue weighted by Gasteiger charge is -2.23. The molecule has 0 atom stereocenters. The van der Waals surface area contributed by atoms with Crippen LogP contribution in [0.3, 0.4) is 0 Å². The van der Waals surface area contributed by atoms with E-state index in [0.717, 1.165) is 12.7 Å². The zero-order valence-corrected chi connectivity index (χ0v) is 12.6. The van der Waals surface area contributed by atoms with Gasteiger partial charge in [0.1, 0.15) is 5.82 Å². The molecule has 0 spiro atoms. The molecule has 0 fully saturated rings. The fourth-order valence-electron chi connectivity index (χ4n) is 1.82. The maximum absolute atomic E-state index is 11.5. The topological polar surface area (TPSA) is 87.6 Å². The van der Waals surface area contributed by atoms with Gasteiger partial charge in [-0.3, -0.25) is 4.79 Å². The van der Waals surface area contributed by atoms with Gasteiger partial charge < -0.3 is 10.0 Å². The fraction of sp³-hybridized carbons (Fsp3) is 0.538. The summed E-state index contributed by atoms with van der Waals surface area (Å²) in [7, 11) is -3.34. The van der Waals surface area contributed by atoms with Crippen LogP contribution in [0.15, 0.2) is 23.2 Å². The Bertz CT molecular complexity index is 557. The summed E-state index contributed by atoms with van der Waals surface area (Å²) in [4.78, 5) is 16.6. The van der Waals surface area contributed by atoms with Crippen molar-refractivity contribution in [3.63, 3.8) is 0 Å². The van der Waals surface area contributed by atoms with Crippen molar-refractivity contribution in [1.82, 2.24) is 4.98 Å². The minimum absolute atomic E-state index is 0.0364. The van der Waals surface area contributed by atoms with E-state index in [0.29, 0.717) is 25.3 Å². The van der Waals surface area contributed by atoms with E-state index in [4.69, 9.17) is 5.11 Å². The first-order valence-electron chi connectivity index (χ1n) is 6.48. The molecule has 0 unspecified atom stereocenters. The lowest BCUT2D eigenvalue weighted by molar-refractivity contribution is -0.137. The van der Waals surface area contributed by atoms with E-state index >= 15 is 0 Å².